The molecule has 3 aromatic rings. The van der Waals surface area contributed by atoms with Crippen molar-refractivity contribution in [3.63, 3.8) is 0 Å². The second-order valence-electron chi connectivity index (χ2n) is 8.35. The van der Waals surface area contributed by atoms with Gasteiger partial charge in [0.25, 0.3) is 11.6 Å². The van der Waals surface area contributed by atoms with E-state index in [2.05, 4.69) is 5.32 Å². The van der Waals surface area contributed by atoms with Crippen LogP contribution in [-0.4, -0.2) is 45.9 Å². The first kappa shape index (κ1) is 26.4. The van der Waals surface area contributed by atoms with E-state index in [0.717, 1.165) is 11.1 Å². The second-order valence-corrected chi connectivity index (χ2v) is 8.35. The maximum atomic E-state index is 12.4. The average molecular weight is 525 g/mol. The van der Waals surface area contributed by atoms with Crippen LogP contribution in [0.2, 0.25) is 0 Å². The molecule has 4 rings (SSSR count). The van der Waals surface area contributed by atoms with Crippen LogP contribution in [0.3, 0.4) is 0 Å². The third kappa shape index (κ3) is 5.66. The number of hydrogen-bond donors (Lipinski definition) is 1. The van der Waals surface area contributed by atoms with E-state index in [1.54, 1.807) is 40.6 Å². The summed E-state index contributed by atoms with van der Waals surface area (Å²) in [6.45, 7) is -0.283. The number of rotatable bonds is 10. The van der Waals surface area contributed by atoms with Crippen molar-refractivity contribution in [1.82, 2.24) is 0 Å². The van der Waals surface area contributed by atoms with Crippen molar-refractivity contribution in [3.8, 4) is 34.5 Å². The molecule has 0 fully saturated rings. The summed E-state index contributed by atoms with van der Waals surface area (Å²) in [5.74, 6) is 2.71. The molecule has 1 heterocycles. The number of benzene rings is 3. The summed E-state index contributed by atoms with van der Waals surface area (Å²) in [7, 11) is 6.23. The topological polar surface area (TPSA) is 128 Å². The lowest BCUT2D eigenvalue weighted by Crippen LogP contribution is -2.20. The molecule has 200 valence electrons. The summed E-state index contributed by atoms with van der Waals surface area (Å²) in [6.07, 6.45) is 1.10. The molecule has 11 heteroatoms. The van der Waals surface area contributed by atoms with Crippen molar-refractivity contribution in [3.05, 3.63) is 69.8 Å². The number of nitrogens with one attached hydrogen (secondary N) is 1. The van der Waals surface area contributed by atoms with Crippen LogP contribution in [0, 0.1) is 10.1 Å². The van der Waals surface area contributed by atoms with Gasteiger partial charge in [-0.1, -0.05) is 0 Å². The van der Waals surface area contributed by atoms with Gasteiger partial charge in [0.15, 0.2) is 18.1 Å². The molecule has 0 saturated carbocycles. The van der Waals surface area contributed by atoms with Crippen LogP contribution in [-0.2, 0) is 11.2 Å². The van der Waals surface area contributed by atoms with Crippen LogP contribution in [0.15, 0.2) is 48.5 Å². The quantitative estimate of drug-likeness (QED) is 0.296. The minimum absolute atomic E-state index is 0.0646. The molecule has 11 nitrogen and oxygen atoms in total. The first-order valence-electron chi connectivity index (χ1n) is 11.7. The fourth-order valence-electron chi connectivity index (χ4n) is 4.23. The molecular formula is C27H28N2O9. The molecule has 0 radical (unpaired) electrons. The first-order valence-corrected chi connectivity index (χ1v) is 11.7. The van der Waals surface area contributed by atoms with Crippen LogP contribution < -0.4 is 33.7 Å². The number of nitrogens with zero attached hydrogens (tertiary/aromatic N) is 1. The summed E-state index contributed by atoms with van der Waals surface area (Å²) in [4.78, 5) is 22.7. The Kier molecular flexibility index (Phi) is 8.05. The number of anilines is 1. The van der Waals surface area contributed by atoms with E-state index >= 15 is 0 Å². The van der Waals surface area contributed by atoms with E-state index in [1.165, 1.54) is 24.3 Å². The minimum atomic E-state index is -0.507. The average Bonchev–Trinajstić information content (AvgIpc) is 2.94. The molecule has 1 aliphatic rings. The Bertz CT molecular complexity index is 1300. The summed E-state index contributed by atoms with van der Waals surface area (Å²) in [5, 5.41) is 13.4. The molecule has 38 heavy (non-hydrogen) atoms. The minimum Gasteiger partial charge on any atom is -0.496 e. The fraction of sp³-hybridized carbons (Fsp3) is 0.296. The van der Waals surface area contributed by atoms with Gasteiger partial charge in [0.05, 0.1) is 33.4 Å². The lowest BCUT2D eigenvalue weighted by atomic mass is 9.96. The number of carbonyl (C=O) groups is 1. The lowest BCUT2D eigenvalue weighted by molar-refractivity contribution is -0.384. The summed E-state index contributed by atoms with van der Waals surface area (Å²) in [6, 6.07) is 12.7. The van der Waals surface area contributed by atoms with Crippen LogP contribution in [0.25, 0.3) is 0 Å². The van der Waals surface area contributed by atoms with E-state index in [4.69, 9.17) is 28.4 Å². The van der Waals surface area contributed by atoms with Crippen molar-refractivity contribution in [1.29, 1.82) is 0 Å². The lowest BCUT2D eigenvalue weighted by Gasteiger charge is -2.29. The molecule has 1 N–H and O–H groups in total. The van der Waals surface area contributed by atoms with Crippen LogP contribution in [0.5, 0.6) is 34.5 Å². The van der Waals surface area contributed by atoms with Gasteiger partial charge in [-0.05, 0) is 42.7 Å². The predicted molar refractivity (Wildman–Crippen MR) is 138 cm³/mol. The molecule has 0 spiro atoms. The Morgan fingerprint density at radius 1 is 0.974 bits per heavy atom. The number of fused-ring (bicyclic) bond motifs is 1. The van der Waals surface area contributed by atoms with E-state index in [9.17, 15) is 14.9 Å². The summed E-state index contributed by atoms with van der Waals surface area (Å²) >= 11 is 0. The van der Waals surface area contributed by atoms with Crippen molar-refractivity contribution >= 4 is 17.3 Å². The standard InChI is InChI=1S/C27H28N2O9/c1-33-22-13-19(37-15-26(30)28-17-5-7-18(8-6-17)29(31)32)14-23-20(22)9-10-21(38-23)16-11-24(34-2)27(36-4)25(12-16)35-3/h5-8,11-14,21H,9-10,15H2,1-4H3,(H,28,30). The van der Waals surface area contributed by atoms with Crippen LogP contribution >= 0.6 is 0 Å². The van der Waals surface area contributed by atoms with Crippen molar-refractivity contribution in [2.75, 3.05) is 40.4 Å². The zero-order valence-electron chi connectivity index (χ0n) is 21.4. The molecule has 1 aliphatic heterocycles. The summed E-state index contributed by atoms with van der Waals surface area (Å²) in [5.41, 5.74) is 2.12. The molecule has 0 bridgehead atoms. The zero-order valence-corrected chi connectivity index (χ0v) is 21.4. The molecule has 0 aliphatic carbocycles. The van der Waals surface area contributed by atoms with Crippen molar-refractivity contribution in [2.24, 2.45) is 0 Å². The van der Waals surface area contributed by atoms with Gasteiger partial charge in [-0.2, -0.15) is 0 Å². The number of amides is 1. The molecule has 0 aromatic heterocycles. The van der Waals surface area contributed by atoms with E-state index in [1.807, 2.05) is 12.1 Å². The number of ether oxygens (including phenoxy) is 6. The number of hydrogen-bond acceptors (Lipinski definition) is 9. The molecule has 3 aromatic carbocycles. The highest BCUT2D eigenvalue weighted by Gasteiger charge is 2.27. The van der Waals surface area contributed by atoms with Gasteiger partial charge in [-0.3, -0.25) is 14.9 Å². The van der Waals surface area contributed by atoms with Crippen molar-refractivity contribution < 1.29 is 38.1 Å². The van der Waals surface area contributed by atoms with Crippen LogP contribution in [0.1, 0.15) is 23.7 Å². The molecule has 1 unspecified atom stereocenters. The summed E-state index contributed by atoms with van der Waals surface area (Å²) < 4.78 is 34.0. The van der Waals surface area contributed by atoms with Gasteiger partial charge in [-0.15, -0.1) is 0 Å². The van der Waals surface area contributed by atoms with E-state index in [-0.39, 0.29) is 18.4 Å². The maximum Gasteiger partial charge on any atom is 0.269 e. The van der Waals surface area contributed by atoms with Gasteiger partial charge in [-0.25, -0.2) is 0 Å². The number of nitro benzene ring substituents is 1. The van der Waals surface area contributed by atoms with Gasteiger partial charge in [0.1, 0.15) is 23.4 Å². The van der Waals surface area contributed by atoms with Gasteiger partial charge in [0.2, 0.25) is 5.75 Å². The number of carbonyl (C=O) groups excluding carboxylic acids is 1. The third-order valence-corrected chi connectivity index (χ3v) is 6.08. The second kappa shape index (κ2) is 11.6. The third-order valence-electron chi connectivity index (χ3n) is 6.08. The van der Waals surface area contributed by atoms with Gasteiger partial charge >= 0.3 is 0 Å². The van der Waals surface area contributed by atoms with Gasteiger partial charge < -0.3 is 33.7 Å². The highest BCUT2D eigenvalue weighted by molar-refractivity contribution is 5.92. The van der Waals surface area contributed by atoms with Crippen LogP contribution in [0.4, 0.5) is 11.4 Å². The largest absolute Gasteiger partial charge is 0.496 e. The Morgan fingerprint density at radius 2 is 1.63 bits per heavy atom. The maximum absolute atomic E-state index is 12.4. The highest BCUT2D eigenvalue weighted by atomic mass is 16.6. The SMILES string of the molecule is COc1cc(OCC(=O)Nc2ccc([N+](=O)[O-])cc2)cc2c1CCC(c1cc(OC)c(OC)c(OC)c1)O2. The zero-order chi connectivity index (χ0) is 27.2. The van der Waals surface area contributed by atoms with Crippen molar-refractivity contribution in [2.45, 2.75) is 18.9 Å². The molecule has 0 saturated heterocycles. The molecule has 1 atom stereocenters. The smallest absolute Gasteiger partial charge is 0.269 e. The fourth-order valence-corrected chi connectivity index (χ4v) is 4.23. The number of methoxy groups -OCH3 is 4. The monoisotopic (exact) mass is 524 g/mol. The highest BCUT2D eigenvalue weighted by Crippen LogP contribution is 2.45. The predicted octanol–water partition coefficient (Wildman–Crippen LogP) is 4.71. The number of nitro groups is 1. The first-order chi connectivity index (χ1) is 18.4. The molecular weight excluding hydrogens is 496 g/mol. The Hall–Kier alpha value is -4.67. The van der Waals surface area contributed by atoms with Gasteiger partial charge in [0, 0.05) is 35.5 Å². The van der Waals surface area contributed by atoms with E-state index < -0.39 is 10.8 Å². The molecule has 1 amide bonds. The number of non-ortho nitro benzene ring substituents is 1. The Balaban J connectivity index is 1.49. The van der Waals surface area contributed by atoms with E-state index in [0.29, 0.717) is 53.0 Å². The normalized spacial score (nSPS) is 13.9. The Labute approximate surface area is 219 Å². The Morgan fingerprint density at radius 3 is 2.21 bits per heavy atom.